The molecule has 4 heteroatoms. The van der Waals surface area contributed by atoms with Gasteiger partial charge in [0.25, 0.3) is 0 Å². The minimum absolute atomic E-state index is 0.285. The summed E-state index contributed by atoms with van der Waals surface area (Å²) in [6.07, 6.45) is 3.11. The number of rotatable bonds is 2. The van der Waals surface area contributed by atoms with Gasteiger partial charge in [0.05, 0.1) is 6.20 Å². The number of nitrogens with zero attached hydrogens (tertiary/aromatic N) is 2. The largest absolute Gasteiger partial charge is 0.503 e. The zero-order valence-corrected chi connectivity index (χ0v) is 11.5. The molecule has 0 amide bonds. The van der Waals surface area contributed by atoms with E-state index in [1.54, 1.807) is 17.7 Å². The molecule has 0 fully saturated rings. The van der Waals surface area contributed by atoms with Gasteiger partial charge in [0.2, 0.25) is 5.43 Å². The molecule has 104 valence electrons. The van der Waals surface area contributed by atoms with Crippen molar-refractivity contribution >= 4 is 0 Å². The first-order chi connectivity index (χ1) is 10.1. The van der Waals surface area contributed by atoms with Crippen molar-refractivity contribution in [1.82, 2.24) is 9.55 Å². The molecule has 2 heterocycles. The third kappa shape index (κ3) is 2.56. The van der Waals surface area contributed by atoms with Crippen molar-refractivity contribution in [3.63, 3.8) is 0 Å². The van der Waals surface area contributed by atoms with Gasteiger partial charge in [0.15, 0.2) is 5.75 Å². The predicted molar refractivity (Wildman–Crippen MR) is 81.7 cm³/mol. The molecule has 0 saturated heterocycles. The first-order valence-corrected chi connectivity index (χ1v) is 6.59. The number of pyridine rings is 2. The van der Waals surface area contributed by atoms with E-state index in [1.165, 1.54) is 12.3 Å². The molecular formula is C17H14N2O2. The summed E-state index contributed by atoms with van der Waals surface area (Å²) in [4.78, 5) is 15.7. The summed E-state index contributed by atoms with van der Waals surface area (Å²) < 4.78 is 1.70. The number of benzene rings is 1. The summed E-state index contributed by atoms with van der Waals surface area (Å²) in [7, 11) is 0. The topological polar surface area (TPSA) is 55.1 Å². The summed E-state index contributed by atoms with van der Waals surface area (Å²) in [6.45, 7) is 1.80. The van der Waals surface area contributed by atoms with E-state index in [0.717, 1.165) is 16.8 Å². The van der Waals surface area contributed by atoms with Gasteiger partial charge in [-0.1, -0.05) is 30.3 Å². The molecule has 0 unspecified atom stereocenters. The Morgan fingerprint density at radius 1 is 1.05 bits per heavy atom. The van der Waals surface area contributed by atoms with Gasteiger partial charge in [-0.05, 0) is 30.2 Å². The lowest BCUT2D eigenvalue weighted by atomic mass is 10.1. The maximum Gasteiger partial charge on any atom is 0.223 e. The Bertz CT molecular complexity index is 839. The third-order valence-corrected chi connectivity index (χ3v) is 3.32. The lowest BCUT2D eigenvalue weighted by molar-refractivity contribution is 0.464. The van der Waals surface area contributed by atoms with Crippen LogP contribution >= 0.6 is 0 Å². The van der Waals surface area contributed by atoms with Crippen LogP contribution in [0.1, 0.15) is 5.69 Å². The smallest absolute Gasteiger partial charge is 0.223 e. The highest BCUT2D eigenvalue weighted by molar-refractivity contribution is 5.64. The molecule has 0 saturated carbocycles. The Hall–Kier alpha value is -2.88. The Labute approximate surface area is 122 Å². The van der Waals surface area contributed by atoms with Gasteiger partial charge in [0, 0.05) is 18.0 Å². The van der Waals surface area contributed by atoms with Crippen molar-refractivity contribution in [2.45, 2.75) is 6.92 Å². The molecule has 4 nitrogen and oxygen atoms in total. The van der Waals surface area contributed by atoms with E-state index in [1.807, 2.05) is 42.5 Å². The van der Waals surface area contributed by atoms with Crippen LogP contribution in [0.3, 0.4) is 0 Å². The number of hydrogen-bond donors (Lipinski definition) is 1. The number of aromatic nitrogens is 2. The van der Waals surface area contributed by atoms with Gasteiger partial charge in [-0.3, -0.25) is 4.79 Å². The van der Waals surface area contributed by atoms with Crippen molar-refractivity contribution in [3.05, 3.63) is 76.8 Å². The molecule has 0 aliphatic rings. The molecule has 0 aliphatic heterocycles. The van der Waals surface area contributed by atoms with Crippen LogP contribution in [0.15, 0.2) is 65.7 Å². The SMILES string of the molecule is Cc1cc(=O)c(O)cn1-c1cc(-c2ccccc2)ccn1. The highest BCUT2D eigenvalue weighted by atomic mass is 16.3. The van der Waals surface area contributed by atoms with E-state index in [2.05, 4.69) is 4.98 Å². The fraction of sp³-hybridized carbons (Fsp3) is 0.0588. The quantitative estimate of drug-likeness (QED) is 0.784. The van der Waals surface area contributed by atoms with E-state index < -0.39 is 0 Å². The summed E-state index contributed by atoms with van der Waals surface area (Å²) in [5.41, 5.74) is 2.45. The van der Waals surface area contributed by atoms with Gasteiger partial charge in [0.1, 0.15) is 5.82 Å². The van der Waals surface area contributed by atoms with Crippen molar-refractivity contribution in [1.29, 1.82) is 0 Å². The number of aryl methyl sites for hydroxylation is 1. The first kappa shape index (κ1) is 13.1. The van der Waals surface area contributed by atoms with Gasteiger partial charge in [-0.15, -0.1) is 0 Å². The van der Waals surface area contributed by atoms with Crippen molar-refractivity contribution in [3.8, 4) is 22.7 Å². The fourth-order valence-corrected chi connectivity index (χ4v) is 2.23. The average Bonchev–Trinajstić information content (AvgIpc) is 2.52. The normalized spacial score (nSPS) is 10.5. The Morgan fingerprint density at radius 3 is 2.57 bits per heavy atom. The van der Waals surface area contributed by atoms with E-state index >= 15 is 0 Å². The van der Waals surface area contributed by atoms with Gasteiger partial charge in [-0.25, -0.2) is 4.98 Å². The first-order valence-electron chi connectivity index (χ1n) is 6.59. The van der Waals surface area contributed by atoms with Gasteiger partial charge >= 0.3 is 0 Å². The van der Waals surface area contributed by atoms with Crippen LogP contribution < -0.4 is 5.43 Å². The molecule has 0 radical (unpaired) electrons. The molecule has 21 heavy (non-hydrogen) atoms. The molecule has 3 rings (SSSR count). The molecule has 2 aromatic heterocycles. The highest BCUT2D eigenvalue weighted by Crippen LogP contribution is 2.21. The summed E-state index contributed by atoms with van der Waals surface area (Å²) in [6, 6.07) is 15.2. The summed E-state index contributed by atoms with van der Waals surface area (Å²) >= 11 is 0. The van der Waals surface area contributed by atoms with Crippen LogP contribution in [0.25, 0.3) is 16.9 Å². The Kier molecular flexibility index (Phi) is 3.28. The van der Waals surface area contributed by atoms with Gasteiger partial charge in [-0.2, -0.15) is 0 Å². The Balaban J connectivity index is 2.13. The van der Waals surface area contributed by atoms with Crippen molar-refractivity contribution in [2.75, 3.05) is 0 Å². The molecule has 1 N–H and O–H groups in total. The molecular weight excluding hydrogens is 264 g/mol. The van der Waals surface area contributed by atoms with Crippen molar-refractivity contribution in [2.24, 2.45) is 0 Å². The molecule has 3 aromatic rings. The fourth-order valence-electron chi connectivity index (χ4n) is 2.23. The average molecular weight is 278 g/mol. The Morgan fingerprint density at radius 2 is 1.81 bits per heavy atom. The number of aromatic hydroxyl groups is 1. The van der Waals surface area contributed by atoms with E-state index in [4.69, 9.17) is 0 Å². The summed E-state index contributed by atoms with van der Waals surface area (Å²) in [5.74, 6) is 0.372. The highest BCUT2D eigenvalue weighted by Gasteiger charge is 2.06. The van der Waals surface area contributed by atoms with Crippen LogP contribution in [0.2, 0.25) is 0 Å². The van der Waals surface area contributed by atoms with Crippen molar-refractivity contribution < 1.29 is 5.11 Å². The van der Waals surface area contributed by atoms with Crippen LogP contribution in [0, 0.1) is 6.92 Å². The molecule has 1 aromatic carbocycles. The van der Waals surface area contributed by atoms with E-state index in [9.17, 15) is 9.90 Å². The van der Waals surface area contributed by atoms with Crippen LogP contribution in [0.5, 0.6) is 5.75 Å². The lowest BCUT2D eigenvalue weighted by Gasteiger charge is -2.11. The minimum Gasteiger partial charge on any atom is -0.503 e. The van der Waals surface area contributed by atoms with Crippen LogP contribution in [-0.4, -0.2) is 14.7 Å². The maximum atomic E-state index is 11.4. The molecule has 0 atom stereocenters. The summed E-state index contributed by atoms with van der Waals surface area (Å²) in [5, 5.41) is 9.61. The van der Waals surface area contributed by atoms with Gasteiger partial charge < -0.3 is 9.67 Å². The lowest BCUT2D eigenvalue weighted by Crippen LogP contribution is -2.09. The van der Waals surface area contributed by atoms with Crippen LogP contribution in [-0.2, 0) is 0 Å². The molecule has 0 aliphatic carbocycles. The maximum absolute atomic E-state index is 11.4. The minimum atomic E-state index is -0.386. The molecule has 0 spiro atoms. The second kappa shape index (κ2) is 5.25. The second-order valence-corrected chi connectivity index (χ2v) is 4.80. The van der Waals surface area contributed by atoms with E-state index in [0.29, 0.717) is 5.82 Å². The number of hydrogen-bond acceptors (Lipinski definition) is 3. The standard InChI is InChI=1S/C17H14N2O2/c1-12-9-15(20)16(21)11-19(12)17-10-14(7-8-18-17)13-5-3-2-4-6-13/h2-11,21H,1H3. The van der Waals surface area contributed by atoms with E-state index in [-0.39, 0.29) is 11.2 Å². The predicted octanol–water partition coefficient (Wildman–Crippen LogP) is 2.91. The second-order valence-electron chi connectivity index (χ2n) is 4.80. The third-order valence-electron chi connectivity index (χ3n) is 3.32. The van der Waals surface area contributed by atoms with Crippen LogP contribution in [0.4, 0.5) is 0 Å². The zero-order valence-electron chi connectivity index (χ0n) is 11.5. The zero-order chi connectivity index (χ0) is 14.8. The molecule has 0 bridgehead atoms. The monoisotopic (exact) mass is 278 g/mol.